The molecular formula is C15H27NO6. The molecule has 1 unspecified atom stereocenters. The summed E-state index contributed by atoms with van der Waals surface area (Å²) in [5, 5.41) is 11.3. The lowest BCUT2D eigenvalue weighted by Gasteiger charge is -2.22. The maximum Gasteiger partial charge on any atom is 0.408 e. The standard InChI is InChI=1S/C15H27NO6/c1-14(2,3)9-21-11(17)8-7-10(12(18)19)16-13(20)22-15(4,5)6/h10H,7-9H2,1-6H3,(H,16,20)(H,18,19). The maximum absolute atomic E-state index is 11.6. The lowest BCUT2D eigenvalue weighted by Crippen LogP contribution is -2.43. The summed E-state index contributed by atoms with van der Waals surface area (Å²) in [4.78, 5) is 34.2. The Kier molecular flexibility index (Phi) is 7.35. The van der Waals surface area contributed by atoms with Crippen LogP contribution in [-0.2, 0) is 19.1 Å². The van der Waals surface area contributed by atoms with E-state index >= 15 is 0 Å². The van der Waals surface area contributed by atoms with Crippen LogP contribution in [0, 0.1) is 5.41 Å². The first-order valence-corrected chi connectivity index (χ1v) is 7.18. The van der Waals surface area contributed by atoms with Crippen molar-refractivity contribution in [1.29, 1.82) is 0 Å². The number of carbonyl (C=O) groups excluding carboxylic acids is 2. The van der Waals surface area contributed by atoms with E-state index in [1.807, 2.05) is 20.8 Å². The number of amides is 1. The van der Waals surface area contributed by atoms with Crippen LogP contribution in [0.5, 0.6) is 0 Å². The molecule has 0 aliphatic carbocycles. The van der Waals surface area contributed by atoms with Gasteiger partial charge in [0.05, 0.1) is 6.61 Å². The Hall–Kier alpha value is -1.79. The summed E-state index contributed by atoms with van der Waals surface area (Å²) in [6, 6.07) is -1.20. The molecule has 1 amide bonds. The molecule has 0 aromatic rings. The fourth-order valence-electron chi connectivity index (χ4n) is 1.34. The van der Waals surface area contributed by atoms with Gasteiger partial charge in [-0.3, -0.25) is 4.79 Å². The summed E-state index contributed by atoms with van der Waals surface area (Å²) < 4.78 is 10.0. The molecule has 0 aliphatic rings. The molecule has 0 aliphatic heterocycles. The molecule has 0 aromatic heterocycles. The van der Waals surface area contributed by atoms with Crippen LogP contribution >= 0.6 is 0 Å². The first-order valence-electron chi connectivity index (χ1n) is 7.18. The van der Waals surface area contributed by atoms with E-state index in [1.165, 1.54) is 0 Å². The topological polar surface area (TPSA) is 102 Å². The highest BCUT2D eigenvalue weighted by Crippen LogP contribution is 2.14. The fourth-order valence-corrected chi connectivity index (χ4v) is 1.34. The minimum Gasteiger partial charge on any atom is -0.480 e. The number of rotatable bonds is 6. The highest BCUT2D eigenvalue weighted by atomic mass is 16.6. The summed E-state index contributed by atoms with van der Waals surface area (Å²) in [7, 11) is 0. The predicted molar refractivity (Wildman–Crippen MR) is 80.4 cm³/mol. The molecule has 0 rings (SSSR count). The Balaban J connectivity index is 4.34. The zero-order valence-electron chi connectivity index (χ0n) is 14.2. The number of carbonyl (C=O) groups is 3. The highest BCUT2D eigenvalue weighted by Gasteiger charge is 2.25. The van der Waals surface area contributed by atoms with E-state index in [0.717, 1.165) is 0 Å². The average Bonchev–Trinajstić information content (AvgIpc) is 2.28. The van der Waals surface area contributed by atoms with Gasteiger partial charge in [0.15, 0.2) is 0 Å². The van der Waals surface area contributed by atoms with Crippen LogP contribution in [0.25, 0.3) is 0 Å². The second kappa shape index (κ2) is 8.00. The Morgan fingerprint density at radius 2 is 1.64 bits per heavy atom. The van der Waals surface area contributed by atoms with Gasteiger partial charge in [-0.1, -0.05) is 20.8 Å². The first kappa shape index (κ1) is 20.2. The summed E-state index contributed by atoms with van der Waals surface area (Å²) in [5.41, 5.74) is -0.880. The predicted octanol–water partition coefficient (Wildman–Crippen LogP) is 2.33. The lowest BCUT2D eigenvalue weighted by molar-refractivity contribution is -0.147. The van der Waals surface area contributed by atoms with Gasteiger partial charge in [0.1, 0.15) is 11.6 Å². The van der Waals surface area contributed by atoms with Gasteiger partial charge in [0, 0.05) is 6.42 Å². The first-order chi connectivity index (χ1) is 9.80. The zero-order chi connectivity index (χ0) is 17.6. The Labute approximate surface area is 131 Å². The quantitative estimate of drug-likeness (QED) is 0.729. The van der Waals surface area contributed by atoms with E-state index in [2.05, 4.69) is 5.32 Å². The third-order valence-corrected chi connectivity index (χ3v) is 2.29. The lowest BCUT2D eigenvalue weighted by atomic mass is 9.99. The molecule has 0 fully saturated rings. The van der Waals surface area contributed by atoms with Gasteiger partial charge in [-0.25, -0.2) is 9.59 Å². The monoisotopic (exact) mass is 317 g/mol. The molecule has 7 nitrogen and oxygen atoms in total. The highest BCUT2D eigenvalue weighted by molar-refractivity contribution is 5.80. The molecule has 0 saturated heterocycles. The summed E-state index contributed by atoms with van der Waals surface area (Å²) in [6.45, 7) is 11.0. The van der Waals surface area contributed by atoms with Crippen molar-refractivity contribution >= 4 is 18.0 Å². The van der Waals surface area contributed by atoms with E-state index in [1.54, 1.807) is 20.8 Å². The largest absolute Gasteiger partial charge is 0.480 e. The van der Waals surface area contributed by atoms with Gasteiger partial charge in [0.2, 0.25) is 0 Å². The van der Waals surface area contributed by atoms with E-state index in [9.17, 15) is 14.4 Å². The Morgan fingerprint density at radius 1 is 1.09 bits per heavy atom. The number of hydrogen-bond acceptors (Lipinski definition) is 5. The van der Waals surface area contributed by atoms with E-state index in [-0.39, 0.29) is 24.9 Å². The molecule has 0 radical (unpaired) electrons. The summed E-state index contributed by atoms with van der Waals surface area (Å²) >= 11 is 0. The minimum absolute atomic E-state index is 0.0580. The molecule has 7 heteroatoms. The minimum atomic E-state index is -1.23. The average molecular weight is 317 g/mol. The molecule has 128 valence electrons. The SMILES string of the molecule is CC(C)(C)COC(=O)CCC(NC(=O)OC(C)(C)C)C(=O)O. The van der Waals surface area contributed by atoms with Crippen LogP contribution in [-0.4, -0.2) is 41.4 Å². The second-order valence-electron chi connectivity index (χ2n) is 7.30. The van der Waals surface area contributed by atoms with Crippen molar-refractivity contribution in [1.82, 2.24) is 5.32 Å². The van der Waals surface area contributed by atoms with Crippen LogP contribution < -0.4 is 5.32 Å². The van der Waals surface area contributed by atoms with Crippen molar-refractivity contribution in [3.8, 4) is 0 Å². The van der Waals surface area contributed by atoms with Crippen LogP contribution in [0.4, 0.5) is 4.79 Å². The van der Waals surface area contributed by atoms with E-state index in [4.69, 9.17) is 14.6 Å². The molecular weight excluding hydrogens is 290 g/mol. The Bertz CT molecular complexity index is 405. The molecule has 2 N–H and O–H groups in total. The number of carboxylic acids is 1. The third kappa shape index (κ3) is 10.9. The number of esters is 1. The van der Waals surface area contributed by atoms with Crippen LogP contribution in [0.1, 0.15) is 54.4 Å². The van der Waals surface area contributed by atoms with E-state index < -0.39 is 29.7 Å². The summed E-state index contributed by atoms with van der Waals surface area (Å²) in [6.07, 6.45) is -0.983. The molecule has 0 spiro atoms. The van der Waals surface area contributed by atoms with Gasteiger partial charge in [0.25, 0.3) is 0 Å². The number of carboxylic acid groups (broad SMARTS) is 1. The molecule has 0 saturated carbocycles. The number of alkyl carbamates (subject to hydrolysis) is 1. The van der Waals surface area contributed by atoms with Crippen molar-refractivity contribution in [2.24, 2.45) is 5.41 Å². The van der Waals surface area contributed by atoms with Gasteiger partial charge in [-0.15, -0.1) is 0 Å². The number of ether oxygens (including phenoxy) is 2. The summed E-state index contributed by atoms with van der Waals surface area (Å²) in [5.74, 6) is -1.72. The zero-order valence-corrected chi connectivity index (χ0v) is 14.2. The molecule has 0 bridgehead atoms. The number of aliphatic carboxylic acids is 1. The van der Waals surface area contributed by atoms with Crippen molar-refractivity contribution < 1.29 is 29.0 Å². The van der Waals surface area contributed by atoms with Crippen LogP contribution in [0.3, 0.4) is 0 Å². The molecule has 22 heavy (non-hydrogen) atoms. The van der Waals surface area contributed by atoms with Crippen LogP contribution in [0.15, 0.2) is 0 Å². The number of nitrogens with one attached hydrogen (secondary N) is 1. The number of hydrogen-bond donors (Lipinski definition) is 2. The van der Waals surface area contributed by atoms with Gasteiger partial charge in [-0.05, 0) is 32.6 Å². The van der Waals surface area contributed by atoms with Gasteiger partial charge >= 0.3 is 18.0 Å². The van der Waals surface area contributed by atoms with E-state index in [0.29, 0.717) is 0 Å². The van der Waals surface area contributed by atoms with Crippen molar-refractivity contribution in [3.05, 3.63) is 0 Å². The maximum atomic E-state index is 11.6. The van der Waals surface area contributed by atoms with Crippen molar-refractivity contribution in [3.63, 3.8) is 0 Å². The Morgan fingerprint density at radius 3 is 2.05 bits per heavy atom. The molecule has 0 heterocycles. The molecule has 1 atom stereocenters. The second-order valence-corrected chi connectivity index (χ2v) is 7.30. The molecule has 0 aromatic carbocycles. The van der Waals surface area contributed by atoms with Crippen molar-refractivity contribution in [2.75, 3.05) is 6.61 Å². The van der Waals surface area contributed by atoms with Crippen LogP contribution in [0.2, 0.25) is 0 Å². The smallest absolute Gasteiger partial charge is 0.408 e. The normalized spacial score (nSPS) is 13.2. The van der Waals surface area contributed by atoms with Gasteiger partial charge in [-0.2, -0.15) is 0 Å². The third-order valence-electron chi connectivity index (χ3n) is 2.29. The fraction of sp³-hybridized carbons (Fsp3) is 0.800. The van der Waals surface area contributed by atoms with Crippen molar-refractivity contribution in [2.45, 2.75) is 66.0 Å². The van der Waals surface area contributed by atoms with Gasteiger partial charge < -0.3 is 19.9 Å².